The number of Topliss-reactive ketones (excluding diaryl/α,β-unsaturated/α-hetero) is 1. The Morgan fingerprint density at radius 2 is 2.06 bits per heavy atom. The minimum absolute atomic E-state index is 0.106. The van der Waals surface area contributed by atoms with Gasteiger partial charge in [-0.3, -0.25) is 29.6 Å². The number of pyridine rings is 1. The SMILES string of the molecule is CN1C[C@@H](c2cccc([N+](=O)[O-])c2)[C@H](C(=O)c2cccnc2)[C@]12C(=O)Nc1ccc(F)cc12. The van der Waals surface area contributed by atoms with E-state index >= 15 is 0 Å². The molecule has 1 fully saturated rings. The lowest BCUT2D eigenvalue weighted by Gasteiger charge is -2.35. The first-order valence-corrected chi connectivity index (χ1v) is 10.4. The molecule has 5 rings (SSSR count). The minimum Gasteiger partial charge on any atom is -0.324 e. The van der Waals surface area contributed by atoms with Crippen molar-refractivity contribution in [3.8, 4) is 0 Å². The van der Waals surface area contributed by atoms with Gasteiger partial charge < -0.3 is 5.32 Å². The number of aromatic nitrogens is 1. The van der Waals surface area contributed by atoms with E-state index in [2.05, 4.69) is 10.3 Å². The van der Waals surface area contributed by atoms with Crippen LogP contribution in [0.2, 0.25) is 0 Å². The van der Waals surface area contributed by atoms with E-state index in [0.717, 1.165) is 0 Å². The Bertz CT molecular complexity index is 1300. The summed E-state index contributed by atoms with van der Waals surface area (Å²) >= 11 is 0. The Morgan fingerprint density at radius 1 is 1.24 bits per heavy atom. The van der Waals surface area contributed by atoms with Crippen molar-refractivity contribution >= 4 is 23.1 Å². The predicted molar refractivity (Wildman–Crippen MR) is 117 cm³/mol. The van der Waals surface area contributed by atoms with Crippen LogP contribution in [-0.2, 0) is 10.3 Å². The Morgan fingerprint density at radius 3 is 2.79 bits per heavy atom. The molecular formula is C24H19FN4O4. The van der Waals surface area contributed by atoms with E-state index in [1.165, 1.54) is 42.7 Å². The van der Waals surface area contributed by atoms with E-state index in [9.17, 15) is 24.1 Å². The normalized spacial score (nSPS) is 24.0. The number of hydrogen-bond donors (Lipinski definition) is 1. The van der Waals surface area contributed by atoms with Gasteiger partial charge in [-0.25, -0.2) is 4.39 Å². The number of halogens is 1. The van der Waals surface area contributed by atoms with Gasteiger partial charge in [0.2, 0.25) is 5.91 Å². The van der Waals surface area contributed by atoms with Crippen molar-refractivity contribution in [2.24, 2.45) is 5.92 Å². The summed E-state index contributed by atoms with van der Waals surface area (Å²) in [5.41, 5.74) is 0.116. The van der Waals surface area contributed by atoms with Crippen LogP contribution >= 0.6 is 0 Å². The maximum atomic E-state index is 14.3. The fraction of sp³-hybridized carbons (Fsp3) is 0.208. The summed E-state index contributed by atoms with van der Waals surface area (Å²) in [6.45, 7) is 0.265. The van der Waals surface area contributed by atoms with Crippen LogP contribution in [0.4, 0.5) is 15.8 Å². The monoisotopic (exact) mass is 446 g/mol. The van der Waals surface area contributed by atoms with E-state index in [-0.39, 0.29) is 18.0 Å². The van der Waals surface area contributed by atoms with Crippen LogP contribution in [0.5, 0.6) is 0 Å². The quantitative estimate of drug-likeness (QED) is 0.374. The number of likely N-dealkylation sites (N-methyl/N-ethyl adjacent to an activating group) is 1. The summed E-state index contributed by atoms with van der Waals surface area (Å²) < 4.78 is 14.3. The number of nitrogens with one attached hydrogen (secondary N) is 1. The van der Waals surface area contributed by atoms with Crippen LogP contribution in [0, 0.1) is 21.8 Å². The third kappa shape index (κ3) is 3.04. The molecule has 1 aromatic heterocycles. The molecule has 8 nitrogen and oxygen atoms in total. The molecule has 3 atom stereocenters. The Labute approximate surface area is 188 Å². The fourth-order valence-electron chi connectivity index (χ4n) is 5.27. The second-order valence-corrected chi connectivity index (χ2v) is 8.33. The van der Waals surface area contributed by atoms with Crippen molar-refractivity contribution in [3.63, 3.8) is 0 Å². The van der Waals surface area contributed by atoms with Gasteiger partial charge in [0.05, 0.1) is 10.8 Å². The molecule has 1 N–H and O–H groups in total. The molecule has 0 bridgehead atoms. The number of nitro groups is 1. The van der Waals surface area contributed by atoms with Gasteiger partial charge in [-0.2, -0.15) is 0 Å². The van der Waals surface area contributed by atoms with E-state index < -0.39 is 34.0 Å². The number of fused-ring (bicyclic) bond motifs is 2. The fourth-order valence-corrected chi connectivity index (χ4v) is 5.27. The first-order chi connectivity index (χ1) is 15.8. The number of non-ortho nitro benzene ring substituents is 1. The predicted octanol–water partition coefficient (Wildman–Crippen LogP) is 3.50. The van der Waals surface area contributed by atoms with Crippen LogP contribution in [0.15, 0.2) is 67.0 Å². The second kappa shape index (κ2) is 7.56. The molecule has 3 heterocycles. The maximum absolute atomic E-state index is 14.3. The third-order valence-electron chi connectivity index (χ3n) is 6.65. The van der Waals surface area contributed by atoms with Crippen molar-refractivity contribution in [1.82, 2.24) is 9.88 Å². The average Bonchev–Trinajstić information content (AvgIpc) is 3.29. The third-order valence-corrected chi connectivity index (χ3v) is 6.65. The molecule has 0 radical (unpaired) electrons. The Balaban J connectivity index is 1.74. The molecule has 1 spiro atoms. The number of carbonyl (C=O) groups is 2. The smallest absolute Gasteiger partial charge is 0.269 e. The van der Waals surface area contributed by atoms with Crippen LogP contribution in [0.25, 0.3) is 0 Å². The first kappa shape index (κ1) is 20.9. The van der Waals surface area contributed by atoms with E-state index in [1.54, 1.807) is 36.2 Å². The lowest BCUT2D eigenvalue weighted by Crippen LogP contribution is -2.51. The highest BCUT2D eigenvalue weighted by atomic mass is 19.1. The zero-order valence-corrected chi connectivity index (χ0v) is 17.6. The summed E-state index contributed by atoms with van der Waals surface area (Å²) in [7, 11) is 1.71. The van der Waals surface area contributed by atoms with Crippen molar-refractivity contribution in [3.05, 3.63) is 99.6 Å². The second-order valence-electron chi connectivity index (χ2n) is 8.33. The molecule has 2 aliphatic heterocycles. The lowest BCUT2D eigenvalue weighted by atomic mass is 9.70. The van der Waals surface area contributed by atoms with E-state index in [1.807, 2.05) is 0 Å². The van der Waals surface area contributed by atoms with Gasteiger partial charge in [-0.05, 0) is 42.9 Å². The topological polar surface area (TPSA) is 105 Å². The standard InChI is InChI=1S/C24H19FN4O4/c1-28-13-18(14-4-2-6-17(10-14)29(32)33)21(22(30)15-5-3-9-26-12-15)24(28)19-11-16(25)7-8-20(19)27-23(24)31/h2-12,18,21H,13H2,1H3,(H,27,31)/t18-,21+,24+/m0/s1. The van der Waals surface area contributed by atoms with Crippen LogP contribution < -0.4 is 5.32 Å². The molecule has 2 aromatic carbocycles. The highest BCUT2D eigenvalue weighted by molar-refractivity contribution is 6.12. The molecule has 0 saturated carbocycles. The van der Waals surface area contributed by atoms with Crippen molar-refractivity contribution in [2.75, 3.05) is 18.9 Å². The summed E-state index contributed by atoms with van der Waals surface area (Å²) in [5, 5.41) is 14.2. The molecule has 0 unspecified atom stereocenters. The number of hydrogen-bond acceptors (Lipinski definition) is 6. The molecule has 166 valence electrons. The lowest BCUT2D eigenvalue weighted by molar-refractivity contribution is -0.384. The van der Waals surface area contributed by atoms with Crippen LogP contribution in [0.3, 0.4) is 0 Å². The Hall–Kier alpha value is -3.98. The molecular weight excluding hydrogens is 427 g/mol. The van der Waals surface area contributed by atoms with Gasteiger partial charge in [0.15, 0.2) is 5.78 Å². The number of nitrogens with zero attached hydrogens (tertiary/aromatic N) is 3. The summed E-state index contributed by atoms with van der Waals surface area (Å²) in [6, 6.07) is 13.3. The molecule has 0 aliphatic carbocycles. The highest BCUT2D eigenvalue weighted by Crippen LogP contribution is 2.55. The number of amides is 1. The summed E-state index contributed by atoms with van der Waals surface area (Å²) in [6.07, 6.45) is 2.97. The number of anilines is 1. The van der Waals surface area contributed by atoms with Gasteiger partial charge in [-0.1, -0.05) is 12.1 Å². The number of ketones is 1. The molecule has 9 heteroatoms. The van der Waals surface area contributed by atoms with Gasteiger partial charge >= 0.3 is 0 Å². The van der Waals surface area contributed by atoms with Gasteiger partial charge in [0, 0.05) is 53.8 Å². The van der Waals surface area contributed by atoms with Crippen molar-refractivity contribution in [2.45, 2.75) is 11.5 Å². The number of nitro benzene ring substituents is 1. The molecule has 1 saturated heterocycles. The van der Waals surface area contributed by atoms with Gasteiger partial charge in [0.1, 0.15) is 11.4 Å². The Kier molecular flexibility index (Phi) is 4.79. The number of carbonyl (C=O) groups excluding carboxylic acids is 2. The number of benzene rings is 2. The van der Waals surface area contributed by atoms with Crippen LogP contribution in [0.1, 0.15) is 27.4 Å². The van der Waals surface area contributed by atoms with Crippen LogP contribution in [-0.4, -0.2) is 40.1 Å². The molecule has 33 heavy (non-hydrogen) atoms. The van der Waals surface area contributed by atoms with Gasteiger partial charge in [-0.15, -0.1) is 0 Å². The number of likely N-dealkylation sites (tertiary alicyclic amines) is 1. The zero-order valence-electron chi connectivity index (χ0n) is 17.6. The molecule has 1 amide bonds. The van der Waals surface area contributed by atoms with Gasteiger partial charge in [0.25, 0.3) is 5.69 Å². The van der Waals surface area contributed by atoms with E-state index in [4.69, 9.17) is 0 Å². The maximum Gasteiger partial charge on any atom is 0.269 e. The molecule has 3 aromatic rings. The largest absolute Gasteiger partial charge is 0.324 e. The first-order valence-electron chi connectivity index (χ1n) is 10.4. The van der Waals surface area contributed by atoms with Crippen molar-refractivity contribution in [1.29, 1.82) is 0 Å². The zero-order chi connectivity index (χ0) is 23.3. The average molecular weight is 446 g/mol. The summed E-state index contributed by atoms with van der Waals surface area (Å²) in [5.74, 6) is -2.80. The highest BCUT2D eigenvalue weighted by Gasteiger charge is 2.64. The molecule has 2 aliphatic rings. The van der Waals surface area contributed by atoms with E-state index in [0.29, 0.717) is 22.4 Å². The summed E-state index contributed by atoms with van der Waals surface area (Å²) in [4.78, 5) is 44.1. The van der Waals surface area contributed by atoms with Crippen molar-refractivity contribution < 1.29 is 18.9 Å². The number of rotatable bonds is 4. The minimum atomic E-state index is -1.47.